The maximum Gasteiger partial charge on any atom is 0.312 e. The second-order valence-corrected chi connectivity index (χ2v) is 12.9. The predicted molar refractivity (Wildman–Crippen MR) is 132 cm³/mol. The molecule has 0 heterocycles. The van der Waals surface area contributed by atoms with Crippen LogP contribution < -0.4 is 0 Å². The number of hydrogen-bond acceptors (Lipinski definition) is 7. The molecule has 4 aliphatic rings. The number of esters is 2. The lowest BCUT2D eigenvalue weighted by Gasteiger charge is -2.61. The number of ketones is 2. The van der Waals surface area contributed by atoms with Crippen molar-refractivity contribution in [1.82, 2.24) is 0 Å². The van der Waals surface area contributed by atoms with Gasteiger partial charge in [0.05, 0.1) is 11.5 Å². The molecule has 0 aromatic rings. The molecule has 0 radical (unpaired) electrons. The van der Waals surface area contributed by atoms with Crippen molar-refractivity contribution < 1.29 is 33.8 Å². The number of aliphatic hydroxyl groups is 1. The smallest absolute Gasteiger partial charge is 0.312 e. The zero-order chi connectivity index (χ0) is 26.8. The summed E-state index contributed by atoms with van der Waals surface area (Å²) in [6.45, 7) is 12.2. The molecule has 8 atom stereocenters. The van der Waals surface area contributed by atoms with Gasteiger partial charge < -0.3 is 14.6 Å². The van der Waals surface area contributed by atoms with Gasteiger partial charge in [0, 0.05) is 23.7 Å². The summed E-state index contributed by atoms with van der Waals surface area (Å²) in [4.78, 5) is 50.6. The van der Waals surface area contributed by atoms with E-state index in [0.29, 0.717) is 12.8 Å². The average Bonchev–Trinajstić information content (AvgIpc) is 3.05. The van der Waals surface area contributed by atoms with Gasteiger partial charge in [0.1, 0.15) is 0 Å². The molecular weight excluding hydrogens is 460 g/mol. The lowest BCUT2D eigenvalue weighted by atomic mass is 9.44. The molecule has 0 aromatic heterocycles. The third kappa shape index (κ3) is 3.89. The van der Waals surface area contributed by atoms with E-state index in [2.05, 4.69) is 13.8 Å². The van der Waals surface area contributed by atoms with Gasteiger partial charge in [-0.3, -0.25) is 19.2 Å². The Morgan fingerprint density at radius 3 is 2.47 bits per heavy atom. The second-order valence-electron chi connectivity index (χ2n) is 12.9. The molecule has 0 bridgehead atoms. The van der Waals surface area contributed by atoms with Crippen molar-refractivity contribution in [1.29, 1.82) is 0 Å². The van der Waals surface area contributed by atoms with Gasteiger partial charge in [0.25, 0.3) is 0 Å². The van der Waals surface area contributed by atoms with Crippen LogP contribution in [0.5, 0.6) is 0 Å². The van der Waals surface area contributed by atoms with Gasteiger partial charge in [-0.05, 0) is 76.4 Å². The van der Waals surface area contributed by atoms with Crippen LogP contribution in [0.1, 0.15) is 74.1 Å². The summed E-state index contributed by atoms with van der Waals surface area (Å²) < 4.78 is 11.3. The van der Waals surface area contributed by atoms with E-state index in [4.69, 9.17) is 9.47 Å². The van der Waals surface area contributed by atoms with E-state index in [1.165, 1.54) is 6.92 Å². The molecule has 0 unspecified atom stereocenters. The van der Waals surface area contributed by atoms with Crippen molar-refractivity contribution in [2.75, 3.05) is 6.61 Å². The van der Waals surface area contributed by atoms with Gasteiger partial charge in [-0.2, -0.15) is 0 Å². The first-order valence-corrected chi connectivity index (χ1v) is 13.1. The lowest BCUT2D eigenvalue weighted by molar-refractivity contribution is -0.207. The Bertz CT molecular complexity index is 1050. The number of Topliss-reactive ketones (excluding diaryl/α,β-unsaturated/α-hetero) is 1. The highest BCUT2D eigenvalue weighted by Crippen LogP contribution is 2.68. The van der Waals surface area contributed by atoms with Crippen LogP contribution in [0, 0.1) is 39.9 Å². The highest BCUT2D eigenvalue weighted by atomic mass is 16.6. The van der Waals surface area contributed by atoms with E-state index in [9.17, 15) is 24.3 Å². The van der Waals surface area contributed by atoms with Crippen molar-refractivity contribution in [3.8, 4) is 0 Å². The molecule has 3 saturated carbocycles. The molecule has 4 rings (SSSR count). The Hall–Kier alpha value is -2.28. The molecule has 0 aromatic carbocycles. The summed E-state index contributed by atoms with van der Waals surface area (Å²) in [5.41, 5.74) is -2.52. The summed E-state index contributed by atoms with van der Waals surface area (Å²) in [5, 5.41) is 11.7. The quantitative estimate of drug-likeness (QED) is 0.582. The third-order valence-electron chi connectivity index (χ3n) is 9.67. The van der Waals surface area contributed by atoms with Crippen LogP contribution in [0.3, 0.4) is 0 Å². The van der Waals surface area contributed by atoms with E-state index in [0.717, 1.165) is 12.0 Å². The fourth-order valence-corrected chi connectivity index (χ4v) is 8.02. The monoisotopic (exact) mass is 500 g/mol. The van der Waals surface area contributed by atoms with E-state index >= 15 is 0 Å². The minimum Gasteiger partial charge on any atom is -0.458 e. The Balaban J connectivity index is 1.77. The first kappa shape index (κ1) is 26.8. The standard InChI is InChI=1S/C29H40O7/c1-16-12-19-20-9-11-29(23(33)15-35-17(2)30,36-25(34)26(3,4)5)28(20,7)14-22(32)24(19)27(6)10-8-18(31)13-21(16)27/h8,10,13,16,19-20,22,24,32H,9,11-12,14-15H2,1-7H3/t16-,19-,20-,22-,24+,27-,28-,29-/m0/s1. The van der Waals surface area contributed by atoms with Crippen molar-refractivity contribution in [2.45, 2.75) is 85.9 Å². The summed E-state index contributed by atoms with van der Waals surface area (Å²) in [5.74, 6) is -1.38. The predicted octanol–water partition coefficient (Wildman–Crippen LogP) is 3.97. The number of aliphatic hydroxyl groups excluding tert-OH is 1. The fourth-order valence-electron chi connectivity index (χ4n) is 8.02. The summed E-state index contributed by atoms with van der Waals surface area (Å²) in [6.07, 6.45) is 6.58. The van der Waals surface area contributed by atoms with Crippen LogP contribution in [0.15, 0.2) is 23.8 Å². The molecule has 4 aliphatic carbocycles. The molecule has 0 saturated heterocycles. The minimum atomic E-state index is -1.48. The van der Waals surface area contributed by atoms with E-state index < -0.39 is 52.3 Å². The van der Waals surface area contributed by atoms with Crippen LogP contribution in [0.4, 0.5) is 0 Å². The second kappa shape index (κ2) is 8.64. The van der Waals surface area contributed by atoms with Crippen LogP contribution in [0.2, 0.25) is 0 Å². The van der Waals surface area contributed by atoms with Crippen LogP contribution in [0.25, 0.3) is 0 Å². The van der Waals surface area contributed by atoms with Crippen LogP contribution in [-0.2, 0) is 28.7 Å². The normalized spacial score (nSPS) is 41.5. The SMILES string of the molecule is CC(=O)OCC(=O)[C@@]1(OC(=O)C(C)(C)C)CC[C@H]2[C@@H]3C[C@H](C)C4=CC(=O)C=C[C@]4(C)[C@H]3[C@@H](O)C[C@@]21C. The zero-order valence-electron chi connectivity index (χ0n) is 22.6. The third-order valence-corrected chi connectivity index (χ3v) is 9.67. The zero-order valence-corrected chi connectivity index (χ0v) is 22.6. The molecule has 7 nitrogen and oxygen atoms in total. The Labute approximate surface area is 213 Å². The molecule has 7 heteroatoms. The van der Waals surface area contributed by atoms with Gasteiger partial charge in [0.15, 0.2) is 18.0 Å². The topological polar surface area (TPSA) is 107 Å². The molecule has 1 N–H and O–H groups in total. The van der Waals surface area contributed by atoms with Gasteiger partial charge in [-0.1, -0.05) is 32.4 Å². The molecule has 3 fully saturated rings. The first-order valence-electron chi connectivity index (χ1n) is 13.1. The van der Waals surface area contributed by atoms with Crippen molar-refractivity contribution in [3.63, 3.8) is 0 Å². The summed E-state index contributed by atoms with van der Waals surface area (Å²) in [7, 11) is 0. The molecule has 198 valence electrons. The number of allylic oxidation sites excluding steroid dienone is 4. The number of rotatable bonds is 4. The summed E-state index contributed by atoms with van der Waals surface area (Å²) >= 11 is 0. The highest BCUT2D eigenvalue weighted by Gasteiger charge is 2.71. The van der Waals surface area contributed by atoms with Gasteiger partial charge >= 0.3 is 11.9 Å². The van der Waals surface area contributed by atoms with Gasteiger partial charge in [-0.25, -0.2) is 0 Å². The van der Waals surface area contributed by atoms with Crippen molar-refractivity contribution in [3.05, 3.63) is 23.8 Å². The number of carbonyl (C=O) groups excluding carboxylic acids is 4. The Kier molecular flexibility index (Phi) is 6.43. The average molecular weight is 501 g/mol. The van der Waals surface area contributed by atoms with Crippen LogP contribution in [-0.4, -0.2) is 46.9 Å². The molecule has 0 amide bonds. The lowest BCUT2D eigenvalue weighted by Crippen LogP contribution is -2.64. The molecular formula is C29H40O7. The Morgan fingerprint density at radius 2 is 1.86 bits per heavy atom. The van der Waals surface area contributed by atoms with E-state index in [1.54, 1.807) is 32.9 Å². The maximum absolute atomic E-state index is 13.8. The molecule has 0 aliphatic heterocycles. The number of hydrogen-bond donors (Lipinski definition) is 1. The van der Waals surface area contributed by atoms with Crippen molar-refractivity contribution in [2.24, 2.45) is 39.9 Å². The van der Waals surface area contributed by atoms with E-state index in [-0.39, 0.29) is 35.9 Å². The van der Waals surface area contributed by atoms with E-state index in [1.807, 2.05) is 13.0 Å². The van der Waals surface area contributed by atoms with Gasteiger partial charge in [0.2, 0.25) is 5.78 Å². The first-order chi connectivity index (χ1) is 16.6. The molecule has 36 heavy (non-hydrogen) atoms. The number of fused-ring (bicyclic) bond motifs is 5. The largest absolute Gasteiger partial charge is 0.458 e. The number of ether oxygens (including phenoxy) is 2. The minimum absolute atomic E-state index is 0.0202. The molecule has 0 spiro atoms. The van der Waals surface area contributed by atoms with Gasteiger partial charge in [-0.15, -0.1) is 0 Å². The highest BCUT2D eigenvalue weighted by molar-refractivity contribution is 6.01. The Morgan fingerprint density at radius 1 is 1.19 bits per heavy atom. The number of carbonyl (C=O) groups is 4. The van der Waals surface area contributed by atoms with Crippen molar-refractivity contribution >= 4 is 23.5 Å². The fraction of sp³-hybridized carbons (Fsp3) is 0.724. The maximum atomic E-state index is 13.8. The van der Waals surface area contributed by atoms with Crippen LogP contribution >= 0.6 is 0 Å². The summed E-state index contributed by atoms with van der Waals surface area (Å²) in [6, 6.07) is 0.